The summed E-state index contributed by atoms with van der Waals surface area (Å²) in [6.07, 6.45) is 0. The van der Waals surface area contributed by atoms with Gasteiger partial charge in [-0.25, -0.2) is 4.79 Å². The first-order chi connectivity index (χ1) is 10.7. The van der Waals surface area contributed by atoms with Gasteiger partial charge >= 0.3 is 5.69 Å². The smallest absolute Gasteiger partial charge is 0.333 e. The summed E-state index contributed by atoms with van der Waals surface area (Å²) in [4.78, 5) is 38.7. The fourth-order valence-corrected chi connectivity index (χ4v) is 2.07. The van der Waals surface area contributed by atoms with Crippen LogP contribution in [0.1, 0.15) is 22.8 Å². The number of carboxylic acid groups (broad SMARTS) is 1. The van der Waals surface area contributed by atoms with Crippen LogP contribution in [-0.4, -0.2) is 25.9 Å². The quantitative estimate of drug-likeness (QED) is 0.751. The Labute approximate surface area is 130 Å². The molecule has 0 saturated carbocycles. The number of aliphatic imine (C=N–C) groups is 1. The lowest BCUT2D eigenvalue weighted by Crippen LogP contribution is -2.39. The number of aromatic carboxylic acids is 1. The van der Waals surface area contributed by atoms with Gasteiger partial charge in [-0.2, -0.15) is 0 Å². The highest BCUT2D eigenvalue weighted by Crippen LogP contribution is 2.17. The van der Waals surface area contributed by atoms with Crippen molar-refractivity contribution >= 4 is 17.4 Å². The lowest BCUT2D eigenvalue weighted by molar-refractivity contribution is -0.255. The number of carbonyl (C=O) groups is 1. The number of aromatic nitrogens is 2. The zero-order valence-corrected chi connectivity index (χ0v) is 12.7. The minimum Gasteiger partial charge on any atom is -0.545 e. The number of nitrogens with zero attached hydrogens (tertiary/aromatic N) is 3. The third kappa shape index (κ3) is 2.91. The number of benzene rings is 1. The number of rotatable bonds is 3. The van der Waals surface area contributed by atoms with Gasteiger partial charge in [0.05, 0.1) is 17.4 Å². The summed E-state index contributed by atoms with van der Waals surface area (Å²) in [6.45, 7) is 1.51. The summed E-state index contributed by atoms with van der Waals surface area (Å²) in [5.74, 6) is -1.78. The van der Waals surface area contributed by atoms with E-state index in [9.17, 15) is 24.6 Å². The van der Waals surface area contributed by atoms with E-state index in [1.165, 1.54) is 45.3 Å². The van der Waals surface area contributed by atoms with Crippen molar-refractivity contribution in [2.24, 2.45) is 19.1 Å². The summed E-state index contributed by atoms with van der Waals surface area (Å²) in [7, 11) is 2.64. The van der Waals surface area contributed by atoms with Gasteiger partial charge in [0, 0.05) is 14.1 Å². The maximum absolute atomic E-state index is 12.2. The first kappa shape index (κ1) is 16.2. The first-order valence-electron chi connectivity index (χ1n) is 6.60. The number of aromatic hydroxyl groups is 1. The van der Waals surface area contributed by atoms with Crippen molar-refractivity contribution in [1.29, 1.82) is 0 Å². The summed E-state index contributed by atoms with van der Waals surface area (Å²) in [5, 5.41) is 20.7. The molecule has 8 heteroatoms. The van der Waals surface area contributed by atoms with E-state index < -0.39 is 23.1 Å². The normalized spacial score (nSPS) is 11.5. The van der Waals surface area contributed by atoms with E-state index in [2.05, 4.69) is 4.99 Å². The molecule has 0 amide bonds. The molecule has 0 bridgehead atoms. The highest BCUT2D eigenvalue weighted by Gasteiger charge is 2.17. The molecule has 1 aromatic carbocycles. The highest BCUT2D eigenvalue weighted by atomic mass is 16.4. The average molecular weight is 316 g/mol. The van der Waals surface area contributed by atoms with E-state index in [0.29, 0.717) is 5.69 Å². The molecule has 0 saturated heterocycles. The van der Waals surface area contributed by atoms with Crippen LogP contribution >= 0.6 is 0 Å². The number of hydrogen-bond donors (Lipinski definition) is 1. The molecule has 120 valence electrons. The van der Waals surface area contributed by atoms with Gasteiger partial charge in [0.2, 0.25) is 5.88 Å². The Morgan fingerprint density at radius 2 is 1.70 bits per heavy atom. The summed E-state index contributed by atoms with van der Waals surface area (Å²) in [6, 6.07) is 5.52. The number of carbonyl (C=O) groups excluding carboxylic acids is 1. The van der Waals surface area contributed by atoms with Crippen molar-refractivity contribution in [2.45, 2.75) is 6.92 Å². The second-order valence-corrected chi connectivity index (χ2v) is 4.94. The van der Waals surface area contributed by atoms with Crippen molar-refractivity contribution in [3.8, 4) is 5.88 Å². The van der Waals surface area contributed by atoms with Crippen LogP contribution in [0.4, 0.5) is 5.69 Å². The molecule has 2 aromatic rings. The van der Waals surface area contributed by atoms with Crippen LogP contribution in [0.15, 0.2) is 38.8 Å². The molecule has 23 heavy (non-hydrogen) atoms. The monoisotopic (exact) mass is 316 g/mol. The van der Waals surface area contributed by atoms with Crippen molar-refractivity contribution < 1.29 is 15.0 Å². The summed E-state index contributed by atoms with van der Waals surface area (Å²) in [5.41, 5.74) is -0.829. The minimum absolute atomic E-state index is 0.00229. The van der Waals surface area contributed by atoms with Crippen LogP contribution in [0.25, 0.3) is 0 Å². The predicted octanol–water partition coefficient (Wildman–Crippen LogP) is -0.706. The highest BCUT2D eigenvalue weighted by molar-refractivity contribution is 6.01. The molecule has 1 N–H and O–H groups in total. The predicted molar refractivity (Wildman–Crippen MR) is 81.2 cm³/mol. The lowest BCUT2D eigenvalue weighted by atomic mass is 10.2. The Kier molecular flexibility index (Phi) is 4.17. The van der Waals surface area contributed by atoms with Gasteiger partial charge in [0.1, 0.15) is 5.56 Å². The summed E-state index contributed by atoms with van der Waals surface area (Å²) >= 11 is 0. The van der Waals surface area contributed by atoms with E-state index in [1.54, 1.807) is 0 Å². The van der Waals surface area contributed by atoms with E-state index in [4.69, 9.17) is 0 Å². The number of carboxylic acids is 1. The Bertz CT molecular complexity index is 920. The molecular weight excluding hydrogens is 302 g/mol. The van der Waals surface area contributed by atoms with Gasteiger partial charge < -0.3 is 15.0 Å². The molecule has 0 spiro atoms. The van der Waals surface area contributed by atoms with Gasteiger partial charge in [-0.15, -0.1) is 0 Å². The fourth-order valence-electron chi connectivity index (χ4n) is 2.07. The molecule has 1 aromatic heterocycles. The minimum atomic E-state index is -1.30. The molecular formula is C15H14N3O5-. The van der Waals surface area contributed by atoms with Gasteiger partial charge in [-0.05, 0) is 24.6 Å². The van der Waals surface area contributed by atoms with Crippen molar-refractivity contribution in [1.82, 2.24) is 9.13 Å². The van der Waals surface area contributed by atoms with Gasteiger partial charge in [0.15, 0.2) is 0 Å². The SMILES string of the molecule is CC(=Nc1ccc(C(=O)[O-])cc1)c1c(O)n(C)c(=O)n(C)c1=O. The zero-order valence-electron chi connectivity index (χ0n) is 12.7. The third-order valence-corrected chi connectivity index (χ3v) is 3.40. The Hall–Kier alpha value is -3.16. The molecule has 2 rings (SSSR count). The second kappa shape index (κ2) is 5.91. The second-order valence-electron chi connectivity index (χ2n) is 4.94. The molecule has 0 aliphatic heterocycles. The molecule has 0 radical (unpaired) electrons. The van der Waals surface area contributed by atoms with Crippen LogP contribution in [0.5, 0.6) is 5.88 Å². The van der Waals surface area contributed by atoms with Gasteiger partial charge in [0.25, 0.3) is 5.56 Å². The van der Waals surface area contributed by atoms with Crippen LogP contribution in [0.3, 0.4) is 0 Å². The molecule has 8 nitrogen and oxygen atoms in total. The number of hydrogen-bond acceptors (Lipinski definition) is 6. The standard InChI is InChI=1S/C15H15N3O5/c1-8(16-10-6-4-9(5-7-10)14(21)22)11-12(19)17(2)15(23)18(3)13(11)20/h4-7,19H,1-3H3,(H,21,22)/p-1. The van der Waals surface area contributed by atoms with Crippen molar-refractivity contribution in [3.05, 3.63) is 56.2 Å². The Morgan fingerprint density at radius 3 is 2.22 bits per heavy atom. The summed E-state index contributed by atoms with van der Waals surface area (Å²) < 4.78 is 1.81. The molecule has 0 unspecified atom stereocenters. The van der Waals surface area contributed by atoms with E-state index in [0.717, 1.165) is 9.13 Å². The fraction of sp³-hybridized carbons (Fsp3) is 0.200. The van der Waals surface area contributed by atoms with Crippen LogP contribution in [0.2, 0.25) is 0 Å². The maximum Gasteiger partial charge on any atom is 0.333 e. The van der Waals surface area contributed by atoms with Gasteiger partial charge in [-0.3, -0.25) is 18.9 Å². The van der Waals surface area contributed by atoms with Gasteiger partial charge in [-0.1, -0.05) is 12.1 Å². The average Bonchev–Trinajstić information content (AvgIpc) is 2.51. The topological polar surface area (TPSA) is 117 Å². The Balaban J connectivity index is 2.57. The Morgan fingerprint density at radius 1 is 1.13 bits per heavy atom. The molecule has 1 heterocycles. The van der Waals surface area contributed by atoms with Crippen LogP contribution < -0.4 is 16.4 Å². The molecule has 0 atom stereocenters. The molecule has 0 aliphatic carbocycles. The largest absolute Gasteiger partial charge is 0.545 e. The lowest BCUT2D eigenvalue weighted by Gasteiger charge is -2.10. The van der Waals surface area contributed by atoms with Crippen LogP contribution in [-0.2, 0) is 14.1 Å². The zero-order chi connectivity index (χ0) is 17.3. The third-order valence-electron chi connectivity index (χ3n) is 3.40. The van der Waals surface area contributed by atoms with E-state index in [1.807, 2.05) is 0 Å². The van der Waals surface area contributed by atoms with Crippen LogP contribution in [0, 0.1) is 0 Å². The molecule has 0 fully saturated rings. The first-order valence-corrected chi connectivity index (χ1v) is 6.60. The maximum atomic E-state index is 12.2. The van der Waals surface area contributed by atoms with E-state index in [-0.39, 0.29) is 16.8 Å². The van der Waals surface area contributed by atoms with Crippen molar-refractivity contribution in [2.75, 3.05) is 0 Å². The molecule has 0 aliphatic rings. The van der Waals surface area contributed by atoms with E-state index >= 15 is 0 Å². The van der Waals surface area contributed by atoms with Crippen molar-refractivity contribution in [3.63, 3.8) is 0 Å².